The van der Waals surface area contributed by atoms with E-state index >= 15 is 0 Å². The van der Waals surface area contributed by atoms with Crippen molar-refractivity contribution in [3.05, 3.63) is 40.8 Å². The van der Waals surface area contributed by atoms with Crippen molar-refractivity contribution < 1.29 is 4.79 Å². The fourth-order valence-corrected chi connectivity index (χ4v) is 2.48. The number of pyridine rings is 1. The Morgan fingerprint density at radius 3 is 2.68 bits per heavy atom. The number of amides is 1. The summed E-state index contributed by atoms with van der Waals surface area (Å²) in [5.74, 6) is 0.626. The number of hydrogen-bond donors (Lipinski definition) is 1. The van der Waals surface area contributed by atoms with E-state index in [1.54, 1.807) is 12.3 Å². The zero-order chi connectivity index (χ0) is 15.5. The van der Waals surface area contributed by atoms with Gasteiger partial charge in [-0.1, -0.05) is 17.7 Å². The summed E-state index contributed by atoms with van der Waals surface area (Å²) in [5, 5.41) is 2.93. The Hall–Kier alpha value is -2.21. The Balaban J connectivity index is 1.81. The van der Waals surface area contributed by atoms with Crippen LogP contribution in [-0.4, -0.2) is 33.9 Å². The molecular weight excluding hydrogens is 302 g/mol. The van der Waals surface area contributed by atoms with Gasteiger partial charge in [-0.05, 0) is 31.4 Å². The first-order valence-electron chi connectivity index (χ1n) is 7.15. The summed E-state index contributed by atoms with van der Waals surface area (Å²) in [6.07, 6.45) is 5.38. The molecule has 0 bridgehead atoms. The molecule has 0 atom stereocenters. The lowest BCUT2D eigenvalue weighted by molar-refractivity contribution is 0.102. The molecule has 2 aromatic rings. The van der Waals surface area contributed by atoms with Gasteiger partial charge in [-0.15, -0.1) is 0 Å². The lowest BCUT2D eigenvalue weighted by Gasteiger charge is -2.15. The van der Waals surface area contributed by atoms with E-state index in [0.29, 0.717) is 11.8 Å². The van der Waals surface area contributed by atoms with Gasteiger partial charge in [0.1, 0.15) is 5.82 Å². The van der Waals surface area contributed by atoms with Crippen LogP contribution >= 0.6 is 11.6 Å². The summed E-state index contributed by atoms with van der Waals surface area (Å²) in [4.78, 5) is 27.1. The Morgan fingerprint density at radius 1 is 1.23 bits per heavy atom. The number of carbonyl (C=O) groups is 1. The van der Waals surface area contributed by atoms with Gasteiger partial charge in [-0.25, -0.2) is 15.0 Å². The number of rotatable bonds is 3. The maximum Gasteiger partial charge on any atom is 0.277 e. The Bertz CT molecular complexity index is 683. The quantitative estimate of drug-likeness (QED) is 0.942. The standard InChI is InChI=1S/C15H16ClN5O/c1-10-4-5-12(17-8-10)19-14(22)13-11(16)9-18-15(20-13)21-6-2-3-7-21/h4-5,8-9H,2-3,6-7H2,1H3,(H,17,19,22). The summed E-state index contributed by atoms with van der Waals surface area (Å²) in [7, 11) is 0. The molecule has 0 radical (unpaired) electrons. The minimum atomic E-state index is -0.385. The molecule has 0 unspecified atom stereocenters. The van der Waals surface area contributed by atoms with E-state index in [-0.39, 0.29) is 16.6 Å². The van der Waals surface area contributed by atoms with E-state index in [1.807, 2.05) is 13.0 Å². The molecule has 2 aromatic heterocycles. The third kappa shape index (κ3) is 3.17. The highest BCUT2D eigenvalue weighted by atomic mass is 35.5. The minimum Gasteiger partial charge on any atom is -0.341 e. The predicted molar refractivity (Wildman–Crippen MR) is 85.4 cm³/mol. The first kappa shape index (κ1) is 14.7. The molecule has 0 aliphatic carbocycles. The number of carbonyl (C=O) groups excluding carboxylic acids is 1. The highest BCUT2D eigenvalue weighted by molar-refractivity contribution is 6.33. The topological polar surface area (TPSA) is 71.0 Å². The summed E-state index contributed by atoms with van der Waals surface area (Å²) >= 11 is 6.06. The van der Waals surface area contributed by atoms with Crippen LogP contribution in [0.15, 0.2) is 24.5 Å². The highest BCUT2D eigenvalue weighted by Gasteiger charge is 2.19. The van der Waals surface area contributed by atoms with Crippen LogP contribution in [0.2, 0.25) is 5.02 Å². The van der Waals surface area contributed by atoms with Crippen molar-refractivity contribution in [2.75, 3.05) is 23.3 Å². The molecule has 1 amide bonds. The molecule has 1 aliphatic heterocycles. The van der Waals surface area contributed by atoms with Gasteiger partial charge in [0.2, 0.25) is 5.95 Å². The van der Waals surface area contributed by atoms with E-state index in [2.05, 4.69) is 25.2 Å². The minimum absolute atomic E-state index is 0.168. The molecule has 22 heavy (non-hydrogen) atoms. The van der Waals surface area contributed by atoms with Crippen molar-refractivity contribution in [2.24, 2.45) is 0 Å². The van der Waals surface area contributed by atoms with E-state index in [4.69, 9.17) is 11.6 Å². The third-order valence-electron chi connectivity index (χ3n) is 3.49. The van der Waals surface area contributed by atoms with Crippen molar-refractivity contribution in [3.63, 3.8) is 0 Å². The van der Waals surface area contributed by atoms with Crippen LogP contribution in [0.25, 0.3) is 0 Å². The fourth-order valence-electron chi connectivity index (χ4n) is 2.30. The maximum absolute atomic E-state index is 12.3. The second kappa shape index (κ2) is 6.27. The molecule has 7 heteroatoms. The van der Waals surface area contributed by atoms with Crippen LogP contribution in [0, 0.1) is 6.92 Å². The van der Waals surface area contributed by atoms with Gasteiger partial charge in [0.25, 0.3) is 5.91 Å². The number of aromatic nitrogens is 3. The Kier molecular flexibility index (Phi) is 4.20. The molecule has 114 valence electrons. The van der Waals surface area contributed by atoms with Crippen molar-refractivity contribution in [1.29, 1.82) is 0 Å². The molecule has 1 fully saturated rings. The van der Waals surface area contributed by atoms with E-state index in [1.165, 1.54) is 6.20 Å². The zero-order valence-electron chi connectivity index (χ0n) is 12.2. The lowest BCUT2D eigenvalue weighted by atomic mass is 10.3. The van der Waals surface area contributed by atoms with Gasteiger partial charge in [-0.2, -0.15) is 0 Å². The van der Waals surface area contributed by atoms with E-state index < -0.39 is 0 Å². The van der Waals surface area contributed by atoms with Gasteiger partial charge in [0.15, 0.2) is 5.69 Å². The number of halogens is 1. The third-order valence-corrected chi connectivity index (χ3v) is 3.76. The molecule has 6 nitrogen and oxygen atoms in total. The molecule has 1 saturated heterocycles. The van der Waals surface area contributed by atoms with E-state index in [0.717, 1.165) is 31.5 Å². The summed E-state index contributed by atoms with van der Waals surface area (Å²) in [6.45, 7) is 3.74. The first-order valence-corrected chi connectivity index (χ1v) is 7.53. The second-order valence-corrected chi connectivity index (χ2v) is 5.64. The average Bonchev–Trinajstić information content (AvgIpc) is 3.04. The average molecular weight is 318 g/mol. The molecule has 1 aliphatic rings. The van der Waals surface area contributed by atoms with E-state index in [9.17, 15) is 4.79 Å². The van der Waals surface area contributed by atoms with Gasteiger partial charge < -0.3 is 10.2 Å². The van der Waals surface area contributed by atoms with Crippen LogP contribution in [-0.2, 0) is 0 Å². The van der Waals surface area contributed by atoms with Crippen molar-refractivity contribution >= 4 is 29.3 Å². The summed E-state index contributed by atoms with van der Waals surface area (Å²) in [5.41, 5.74) is 1.19. The number of anilines is 2. The van der Waals surface area contributed by atoms with Gasteiger partial charge in [-0.3, -0.25) is 4.79 Å². The fraction of sp³-hybridized carbons (Fsp3) is 0.333. The van der Waals surface area contributed by atoms with Crippen molar-refractivity contribution in [2.45, 2.75) is 19.8 Å². The van der Waals surface area contributed by atoms with Gasteiger partial charge in [0.05, 0.1) is 11.2 Å². The SMILES string of the molecule is Cc1ccc(NC(=O)c2nc(N3CCCC3)ncc2Cl)nc1. The summed E-state index contributed by atoms with van der Waals surface area (Å²) < 4.78 is 0. The normalized spacial score (nSPS) is 14.2. The van der Waals surface area contributed by atoms with Crippen LogP contribution in [0.5, 0.6) is 0 Å². The van der Waals surface area contributed by atoms with Gasteiger partial charge in [0, 0.05) is 19.3 Å². The summed E-state index contributed by atoms with van der Waals surface area (Å²) in [6, 6.07) is 3.61. The van der Waals surface area contributed by atoms with Crippen molar-refractivity contribution in [1.82, 2.24) is 15.0 Å². The first-order chi connectivity index (χ1) is 10.6. The Labute approximate surface area is 133 Å². The molecular formula is C15H16ClN5O. The number of nitrogens with zero attached hydrogens (tertiary/aromatic N) is 4. The van der Waals surface area contributed by atoms with Crippen LogP contribution in [0.3, 0.4) is 0 Å². The van der Waals surface area contributed by atoms with Gasteiger partial charge >= 0.3 is 0 Å². The largest absolute Gasteiger partial charge is 0.341 e. The monoisotopic (exact) mass is 317 g/mol. The molecule has 3 rings (SSSR count). The highest BCUT2D eigenvalue weighted by Crippen LogP contribution is 2.20. The van der Waals surface area contributed by atoms with Crippen LogP contribution in [0.4, 0.5) is 11.8 Å². The molecule has 0 spiro atoms. The Morgan fingerprint density at radius 2 is 2.00 bits per heavy atom. The lowest BCUT2D eigenvalue weighted by Crippen LogP contribution is -2.23. The second-order valence-electron chi connectivity index (χ2n) is 5.24. The smallest absolute Gasteiger partial charge is 0.277 e. The predicted octanol–water partition coefficient (Wildman–Crippen LogP) is 2.69. The molecule has 0 saturated carbocycles. The number of nitrogens with one attached hydrogen (secondary N) is 1. The van der Waals surface area contributed by atoms with Crippen LogP contribution in [0.1, 0.15) is 28.9 Å². The molecule has 0 aromatic carbocycles. The maximum atomic E-state index is 12.3. The van der Waals surface area contributed by atoms with Crippen molar-refractivity contribution in [3.8, 4) is 0 Å². The van der Waals surface area contributed by atoms with Crippen LogP contribution < -0.4 is 10.2 Å². The molecule has 3 heterocycles. The zero-order valence-corrected chi connectivity index (χ0v) is 13.0. The number of aryl methyl sites for hydroxylation is 1. The molecule has 1 N–H and O–H groups in total. The number of hydrogen-bond acceptors (Lipinski definition) is 5.